The van der Waals surface area contributed by atoms with Crippen LogP contribution in [0.5, 0.6) is 0 Å². The molecule has 4 nitrogen and oxygen atoms in total. The van der Waals surface area contributed by atoms with Crippen molar-refractivity contribution in [1.29, 1.82) is 0 Å². The molecule has 0 radical (unpaired) electrons. The summed E-state index contributed by atoms with van der Waals surface area (Å²) in [6.45, 7) is 1.95. The van der Waals surface area contributed by atoms with Gasteiger partial charge in [-0.25, -0.2) is 4.79 Å². The summed E-state index contributed by atoms with van der Waals surface area (Å²) in [5, 5.41) is 17.9. The second-order valence-corrected chi connectivity index (χ2v) is 2.68. The van der Waals surface area contributed by atoms with Crippen LogP contribution in [0.1, 0.15) is 17.3 Å². The Hall–Kier alpha value is -1.04. The van der Waals surface area contributed by atoms with E-state index in [-0.39, 0.29) is 30.0 Å². The molecule has 0 saturated carbocycles. The molecule has 0 aromatic heterocycles. The Morgan fingerprint density at radius 2 is 2.00 bits per heavy atom. The van der Waals surface area contributed by atoms with Crippen LogP contribution in [0.25, 0.3) is 0 Å². The van der Waals surface area contributed by atoms with Gasteiger partial charge in [-0.3, -0.25) is 0 Å². The lowest BCUT2D eigenvalue weighted by molar-refractivity contribution is 0.0527. The van der Waals surface area contributed by atoms with Gasteiger partial charge in [0.1, 0.15) is 0 Å². The zero-order chi connectivity index (χ0) is 10.6. The molecule has 0 aliphatic carbocycles. The van der Waals surface area contributed by atoms with E-state index >= 15 is 0 Å². The molecule has 82 valence electrons. The van der Waals surface area contributed by atoms with Gasteiger partial charge in [0.25, 0.3) is 0 Å². The summed E-state index contributed by atoms with van der Waals surface area (Å²) in [6, 6.07) is 6.22. The number of ether oxygens (including phenoxy) is 1. The minimum Gasteiger partial charge on any atom is -0.462 e. The third kappa shape index (κ3) is 3.55. The van der Waals surface area contributed by atoms with Crippen molar-refractivity contribution in [3.63, 3.8) is 0 Å². The van der Waals surface area contributed by atoms with Crippen molar-refractivity contribution >= 4 is 31.0 Å². The minimum atomic E-state index is -1.66. The number of benzene rings is 1. The fourth-order valence-corrected chi connectivity index (χ4v) is 1.12. The smallest absolute Gasteiger partial charge is 0.462 e. The summed E-state index contributed by atoms with van der Waals surface area (Å²) in [7, 11) is -1.66. The molecule has 0 amide bonds. The Morgan fingerprint density at radius 1 is 1.40 bits per heavy atom. The second kappa shape index (κ2) is 6.45. The van der Waals surface area contributed by atoms with Crippen LogP contribution in [0.4, 0.5) is 0 Å². The molecule has 15 heavy (non-hydrogen) atoms. The van der Waals surface area contributed by atoms with Gasteiger partial charge in [0, 0.05) is 0 Å². The molecule has 1 aromatic rings. The molecular weight excluding hydrogens is 218 g/mol. The Balaban J connectivity index is 0.00000196. The molecular formula is C9H12BClO4. The molecule has 0 fully saturated rings. The maximum absolute atomic E-state index is 11.3. The summed E-state index contributed by atoms with van der Waals surface area (Å²) >= 11 is 0. The first-order chi connectivity index (χ1) is 6.66. The van der Waals surface area contributed by atoms with E-state index in [1.54, 1.807) is 19.1 Å². The summed E-state index contributed by atoms with van der Waals surface area (Å²) in [5.41, 5.74) is 0.343. The standard InChI is InChI=1S/C9H11BO4.ClH/c1-2-14-9(11)7-5-3-4-6-8(7)10(12)13;/h3-6,12-13H,2H2,1H3;1H. The van der Waals surface area contributed by atoms with Crippen LogP contribution in [-0.4, -0.2) is 29.7 Å². The van der Waals surface area contributed by atoms with E-state index in [2.05, 4.69) is 0 Å². The molecule has 0 aliphatic heterocycles. The number of esters is 1. The van der Waals surface area contributed by atoms with Crippen molar-refractivity contribution in [3.05, 3.63) is 29.8 Å². The van der Waals surface area contributed by atoms with Crippen molar-refractivity contribution in [2.75, 3.05) is 6.61 Å². The van der Waals surface area contributed by atoms with Crippen molar-refractivity contribution in [1.82, 2.24) is 0 Å². The lowest BCUT2D eigenvalue weighted by Crippen LogP contribution is -2.35. The van der Waals surface area contributed by atoms with E-state index in [4.69, 9.17) is 14.8 Å². The SMILES string of the molecule is CCOC(=O)c1ccccc1B(O)O.Cl. The fraction of sp³-hybridized carbons (Fsp3) is 0.222. The summed E-state index contributed by atoms with van der Waals surface area (Å²) in [5.74, 6) is -0.545. The van der Waals surface area contributed by atoms with Gasteiger partial charge in [0.15, 0.2) is 0 Å². The van der Waals surface area contributed by atoms with Crippen molar-refractivity contribution in [2.24, 2.45) is 0 Å². The van der Waals surface area contributed by atoms with Crippen LogP contribution < -0.4 is 5.46 Å². The average Bonchev–Trinajstić information content (AvgIpc) is 2.18. The van der Waals surface area contributed by atoms with E-state index in [0.717, 1.165) is 0 Å². The zero-order valence-electron chi connectivity index (χ0n) is 8.21. The molecule has 0 unspecified atom stereocenters. The maximum atomic E-state index is 11.3. The van der Waals surface area contributed by atoms with E-state index in [1.807, 2.05) is 0 Å². The average molecular weight is 230 g/mol. The van der Waals surface area contributed by atoms with Crippen LogP contribution in [0.15, 0.2) is 24.3 Å². The van der Waals surface area contributed by atoms with Crippen LogP contribution in [0, 0.1) is 0 Å². The van der Waals surface area contributed by atoms with Gasteiger partial charge in [-0.2, -0.15) is 0 Å². The predicted octanol–water partition coefficient (Wildman–Crippen LogP) is -0.0351. The van der Waals surface area contributed by atoms with E-state index in [1.165, 1.54) is 12.1 Å². The van der Waals surface area contributed by atoms with Gasteiger partial charge in [-0.15, -0.1) is 12.4 Å². The molecule has 0 spiro atoms. The lowest BCUT2D eigenvalue weighted by Gasteiger charge is -2.06. The number of rotatable bonds is 3. The first kappa shape index (κ1) is 14.0. The molecule has 2 N–H and O–H groups in total. The molecule has 6 heteroatoms. The number of hydrogen-bond donors (Lipinski definition) is 2. The first-order valence-electron chi connectivity index (χ1n) is 4.29. The van der Waals surface area contributed by atoms with Gasteiger partial charge in [0.05, 0.1) is 12.2 Å². The van der Waals surface area contributed by atoms with Crippen molar-refractivity contribution < 1.29 is 19.6 Å². The Morgan fingerprint density at radius 3 is 2.53 bits per heavy atom. The van der Waals surface area contributed by atoms with E-state index in [9.17, 15) is 4.79 Å². The highest BCUT2D eigenvalue weighted by atomic mass is 35.5. The van der Waals surface area contributed by atoms with Gasteiger partial charge in [-0.05, 0) is 18.5 Å². The van der Waals surface area contributed by atoms with Gasteiger partial charge < -0.3 is 14.8 Å². The zero-order valence-corrected chi connectivity index (χ0v) is 9.03. The fourth-order valence-electron chi connectivity index (χ4n) is 1.12. The van der Waals surface area contributed by atoms with Crippen LogP contribution in [-0.2, 0) is 4.74 Å². The van der Waals surface area contributed by atoms with Crippen LogP contribution >= 0.6 is 12.4 Å². The molecule has 0 bridgehead atoms. The highest BCUT2D eigenvalue weighted by Crippen LogP contribution is 1.99. The topological polar surface area (TPSA) is 66.8 Å². The van der Waals surface area contributed by atoms with Crippen molar-refractivity contribution in [3.8, 4) is 0 Å². The molecule has 0 atom stereocenters. The van der Waals surface area contributed by atoms with Gasteiger partial charge in [0.2, 0.25) is 0 Å². The number of carbonyl (C=O) groups excluding carboxylic acids is 1. The number of carbonyl (C=O) groups is 1. The summed E-state index contributed by atoms with van der Waals surface area (Å²) < 4.78 is 4.76. The van der Waals surface area contributed by atoms with E-state index < -0.39 is 13.1 Å². The maximum Gasteiger partial charge on any atom is 0.489 e. The van der Waals surface area contributed by atoms with E-state index in [0.29, 0.717) is 0 Å². The first-order valence-corrected chi connectivity index (χ1v) is 4.29. The van der Waals surface area contributed by atoms with Crippen molar-refractivity contribution in [2.45, 2.75) is 6.92 Å². The molecule has 0 saturated heterocycles. The molecule has 0 aliphatic rings. The summed E-state index contributed by atoms with van der Waals surface area (Å²) in [4.78, 5) is 11.3. The number of halogens is 1. The second-order valence-electron chi connectivity index (χ2n) is 2.68. The third-order valence-electron chi connectivity index (χ3n) is 1.73. The highest BCUT2D eigenvalue weighted by Gasteiger charge is 2.20. The summed E-state index contributed by atoms with van der Waals surface area (Å²) in [6.07, 6.45) is 0. The molecule has 1 rings (SSSR count). The highest BCUT2D eigenvalue weighted by molar-refractivity contribution is 6.60. The van der Waals surface area contributed by atoms with Gasteiger partial charge >= 0.3 is 13.1 Å². The monoisotopic (exact) mass is 230 g/mol. The molecule has 1 aromatic carbocycles. The van der Waals surface area contributed by atoms with Crippen LogP contribution in [0.3, 0.4) is 0 Å². The molecule has 0 heterocycles. The quantitative estimate of drug-likeness (QED) is 0.565. The third-order valence-corrected chi connectivity index (χ3v) is 1.73. The predicted molar refractivity (Wildman–Crippen MR) is 59.5 cm³/mol. The number of hydrogen-bond acceptors (Lipinski definition) is 4. The normalized spacial score (nSPS) is 9.00. The Bertz CT molecular complexity index is 330. The van der Waals surface area contributed by atoms with Gasteiger partial charge in [-0.1, -0.05) is 18.2 Å². The van der Waals surface area contributed by atoms with Crippen LogP contribution in [0.2, 0.25) is 0 Å². The lowest BCUT2D eigenvalue weighted by atomic mass is 9.77. The Labute approximate surface area is 94.4 Å². The minimum absolute atomic E-state index is 0. The largest absolute Gasteiger partial charge is 0.489 e. The Kier molecular flexibility index (Phi) is 6.00.